The first-order valence-corrected chi connectivity index (χ1v) is 9.29. The van der Waals surface area contributed by atoms with Crippen molar-refractivity contribution in [3.63, 3.8) is 0 Å². The lowest BCUT2D eigenvalue weighted by Gasteiger charge is -2.13. The van der Waals surface area contributed by atoms with E-state index in [0.29, 0.717) is 29.1 Å². The van der Waals surface area contributed by atoms with Crippen LogP contribution in [0.1, 0.15) is 32.7 Å². The van der Waals surface area contributed by atoms with Gasteiger partial charge in [-0.15, -0.1) is 0 Å². The van der Waals surface area contributed by atoms with Crippen molar-refractivity contribution in [3.05, 3.63) is 68.7 Å². The number of imide groups is 1. The average molecular weight is 436 g/mol. The number of nitrogens with one attached hydrogen (secondary N) is 1. The Morgan fingerprint density at radius 3 is 2.62 bits per heavy atom. The Morgan fingerprint density at radius 2 is 1.85 bits per heavy atom. The highest BCUT2D eigenvalue weighted by atomic mass is 79.9. The molecule has 0 aliphatic carbocycles. The van der Waals surface area contributed by atoms with E-state index in [1.807, 2.05) is 18.2 Å². The van der Waals surface area contributed by atoms with Gasteiger partial charge in [0.15, 0.2) is 0 Å². The second-order valence-corrected chi connectivity index (χ2v) is 7.28. The van der Waals surface area contributed by atoms with Crippen LogP contribution in [0, 0.1) is 0 Å². The Bertz CT molecular complexity index is 885. The summed E-state index contributed by atoms with van der Waals surface area (Å²) < 4.78 is 0.734. The van der Waals surface area contributed by atoms with E-state index >= 15 is 0 Å². The van der Waals surface area contributed by atoms with Crippen LogP contribution in [-0.2, 0) is 11.2 Å². The second kappa shape index (κ2) is 8.01. The summed E-state index contributed by atoms with van der Waals surface area (Å²) in [5, 5.41) is 3.45. The van der Waals surface area contributed by atoms with Gasteiger partial charge in [-0.05, 0) is 42.3 Å². The first-order chi connectivity index (χ1) is 12.5. The first-order valence-electron chi connectivity index (χ1n) is 8.12. The van der Waals surface area contributed by atoms with Gasteiger partial charge in [-0.3, -0.25) is 19.3 Å². The van der Waals surface area contributed by atoms with Gasteiger partial charge in [-0.2, -0.15) is 0 Å². The maximum atomic E-state index is 12.3. The van der Waals surface area contributed by atoms with Gasteiger partial charge in [0.05, 0.1) is 11.1 Å². The van der Waals surface area contributed by atoms with Crippen molar-refractivity contribution in [2.24, 2.45) is 0 Å². The van der Waals surface area contributed by atoms with E-state index in [1.165, 1.54) is 0 Å². The summed E-state index contributed by atoms with van der Waals surface area (Å²) in [6.45, 7) is 0.529. The van der Waals surface area contributed by atoms with E-state index in [9.17, 15) is 14.4 Å². The molecule has 26 heavy (non-hydrogen) atoms. The van der Waals surface area contributed by atoms with Gasteiger partial charge in [0.1, 0.15) is 0 Å². The smallest absolute Gasteiger partial charge is 0.261 e. The topological polar surface area (TPSA) is 66.5 Å². The SMILES string of the molecule is O=C(CCN1C(=O)c2ccc(Br)cc2C1=O)NCCc1cccc(Cl)c1. The summed E-state index contributed by atoms with van der Waals surface area (Å²) in [6.07, 6.45) is 0.732. The molecular formula is C19H16BrClN2O3. The van der Waals surface area contributed by atoms with Gasteiger partial charge in [0.25, 0.3) is 11.8 Å². The summed E-state index contributed by atoms with van der Waals surface area (Å²) >= 11 is 9.22. The van der Waals surface area contributed by atoms with Crippen molar-refractivity contribution in [3.8, 4) is 0 Å². The van der Waals surface area contributed by atoms with Crippen LogP contribution >= 0.6 is 27.5 Å². The quantitative estimate of drug-likeness (QED) is 0.707. The summed E-state index contributed by atoms with van der Waals surface area (Å²) in [6, 6.07) is 12.4. The van der Waals surface area contributed by atoms with Crippen molar-refractivity contribution in [2.45, 2.75) is 12.8 Å². The third-order valence-electron chi connectivity index (χ3n) is 4.12. The molecule has 2 aromatic carbocycles. The highest BCUT2D eigenvalue weighted by Gasteiger charge is 2.35. The molecule has 0 atom stereocenters. The molecule has 1 N–H and O–H groups in total. The summed E-state index contributed by atoms with van der Waals surface area (Å²) in [5.41, 5.74) is 1.77. The molecule has 2 aromatic rings. The minimum absolute atomic E-state index is 0.0625. The lowest BCUT2D eigenvalue weighted by molar-refractivity contribution is -0.121. The van der Waals surface area contributed by atoms with Gasteiger partial charge in [0, 0.05) is 29.0 Å². The number of halogens is 2. The van der Waals surface area contributed by atoms with Gasteiger partial charge in [0.2, 0.25) is 5.91 Å². The number of benzene rings is 2. The normalized spacial score (nSPS) is 13.1. The molecule has 3 amide bonds. The van der Waals surface area contributed by atoms with E-state index in [1.54, 1.807) is 24.3 Å². The van der Waals surface area contributed by atoms with Crippen LogP contribution in [0.5, 0.6) is 0 Å². The molecule has 5 nitrogen and oxygen atoms in total. The summed E-state index contributed by atoms with van der Waals surface area (Å²) in [5.74, 6) is -0.924. The van der Waals surface area contributed by atoms with Crippen LogP contribution in [0.15, 0.2) is 46.9 Å². The Labute approximate surface area is 164 Å². The lowest BCUT2D eigenvalue weighted by atomic mass is 10.1. The highest BCUT2D eigenvalue weighted by molar-refractivity contribution is 9.10. The Morgan fingerprint density at radius 1 is 1.08 bits per heavy atom. The number of hydrogen-bond donors (Lipinski definition) is 1. The molecule has 1 aliphatic rings. The molecule has 0 spiro atoms. The largest absolute Gasteiger partial charge is 0.356 e. The Kier molecular flexibility index (Phi) is 5.74. The fraction of sp³-hybridized carbons (Fsp3) is 0.211. The number of rotatable bonds is 6. The van der Waals surface area contributed by atoms with E-state index in [0.717, 1.165) is 14.9 Å². The van der Waals surface area contributed by atoms with Gasteiger partial charge < -0.3 is 5.32 Å². The predicted octanol–water partition coefficient (Wildman–Crippen LogP) is 3.45. The molecule has 0 radical (unpaired) electrons. The summed E-state index contributed by atoms with van der Waals surface area (Å²) in [4.78, 5) is 37.8. The molecule has 0 saturated heterocycles. The molecule has 0 fully saturated rings. The zero-order chi connectivity index (χ0) is 18.7. The lowest BCUT2D eigenvalue weighted by Crippen LogP contribution is -2.35. The van der Waals surface area contributed by atoms with Crippen LogP contribution in [0.25, 0.3) is 0 Å². The van der Waals surface area contributed by atoms with Crippen LogP contribution in [-0.4, -0.2) is 35.7 Å². The fourth-order valence-electron chi connectivity index (χ4n) is 2.81. The molecule has 134 valence electrons. The van der Waals surface area contributed by atoms with Crippen LogP contribution in [0.3, 0.4) is 0 Å². The average Bonchev–Trinajstić information content (AvgIpc) is 2.83. The fourth-order valence-corrected chi connectivity index (χ4v) is 3.38. The number of fused-ring (bicyclic) bond motifs is 1. The minimum atomic E-state index is -0.363. The van der Waals surface area contributed by atoms with Crippen molar-refractivity contribution in [1.82, 2.24) is 10.2 Å². The number of carbonyl (C=O) groups is 3. The van der Waals surface area contributed by atoms with Crippen LogP contribution in [0.2, 0.25) is 5.02 Å². The Hall–Kier alpha value is -2.18. The first kappa shape index (κ1) is 18.6. The maximum absolute atomic E-state index is 12.3. The van der Waals surface area contributed by atoms with Gasteiger partial charge in [-0.1, -0.05) is 39.7 Å². The number of amides is 3. The minimum Gasteiger partial charge on any atom is -0.356 e. The van der Waals surface area contributed by atoms with Gasteiger partial charge >= 0.3 is 0 Å². The Balaban J connectivity index is 1.49. The van der Waals surface area contributed by atoms with Crippen LogP contribution < -0.4 is 5.32 Å². The van der Waals surface area contributed by atoms with Gasteiger partial charge in [-0.25, -0.2) is 0 Å². The molecule has 1 heterocycles. The zero-order valence-electron chi connectivity index (χ0n) is 13.8. The third-order valence-corrected chi connectivity index (χ3v) is 4.85. The molecule has 1 aliphatic heterocycles. The van der Waals surface area contributed by atoms with E-state index in [2.05, 4.69) is 21.2 Å². The second-order valence-electron chi connectivity index (χ2n) is 5.93. The zero-order valence-corrected chi connectivity index (χ0v) is 16.1. The number of nitrogens with zero attached hydrogens (tertiary/aromatic N) is 1. The molecule has 0 saturated carbocycles. The van der Waals surface area contributed by atoms with Crippen LogP contribution in [0.4, 0.5) is 0 Å². The van der Waals surface area contributed by atoms with Crippen molar-refractivity contribution >= 4 is 45.3 Å². The van der Waals surface area contributed by atoms with Crippen molar-refractivity contribution in [2.75, 3.05) is 13.1 Å². The molecule has 0 bridgehead atoms. The molecule has 0 unspecified atom stereocenters. The number of carbonyl (C=O) groups excluding carboxylic acids is 3. The van der Waals surface area contributed by atoms with E-state index in [-0.39, 0.29) is 30.7 Å². The van der Waals surface area contributed by atoms with Crippen molar-refractivity contribution < 1.29 is 14.4 Å². The monoisotopic (exact) mass is 434 g/mol. The van der Waals surface area contributed by atoms with E-state index in [4.69, 9.17) is 11.6 Å². The standard InChI is InChI=1S/C19H16BrClN2O3/c20-13-4-5-15-16(11-13)19(26)23(18(15)25)9-7-17(24)22-8-6-12-2-1-3-14(21)10-12/h1-5,10-11H,6-9H2,(H,22,24). The highest BCUT2D eigenvalue weighted by Crippen LogP contribution is 2.26. The molecule has 7 heteroatoms. The molecule has 3 rings (SSSR count). The number of hydrogen-bond acceptors (Lipinski definition) is 3. The molecule has 0 aromatic heterocycles. The molecular weight excluding hydrogens is 420 g/mol. The summed E-state index contributed by atoms with van der Waals surface area (Å²) in [7, 11) is 0. The van der Waals surface area contributed by atoms with E-state index < -0.39 is 0 Å². The van der Waals surface area contributed by atoms with Crippen molar-refractivity contribution in [1.29, 1.82) is 0 Å². The third kappa shape index (κ3) is 4.14. The maximum Gasteiger partial charge on any atom is 0.261 e. The predicted molar refractivity (Wildman–Crippen MR) is 102 cm³/mol.